The van der Waals surface area contributed by atoms with Crippen LogP contribution in [0.4, 0.5) is 0 Å². The van der Waals surface area contributed by atoms with Gasteiger partial charge in [0, 0.05) is 23.5 Å². The molecule has 2 aromatic carbocycles. The van der Waals surface area contributed by atoms with Gasteiger partial charge in [0.1, 0.15) is 6.61 Å². The second kappa shape index (κ2) is 9.11. The van der Waals surface area contributed by atoms with Crippen molar-refractivity contribution in [3.63, 3.8) is 0 Å². The molecule has 166 valence electrons. The first-order chi connectivity index (χ1) is 15.2. The standard InChI is InChI=1S/C22H20ClN3O4S2/c1-22(2,28)12-30-16-7-5-14(11-17(16)29-3)26-9-8-24-19(20(26)27)32-21-25-15-6-4-13(23)10-18(15)31-21/h4-11,28H,12H2,1-3H3. The minimum atomic E-state index is -0.982. The van der Waals surface area contributed by atoms with Crippen LogP contribution in [0.3, 0.4) is 0 Å². The zero-order chi connectivity index (χ0) is 22.9. The van der Waals surface area contributed by atoms with E-state index in [1.807, 2.05) is 12.1 Å². The Labute approximate surface area is 197 Å². The molecule has 0 atom stereocenters. The van der Waals surface area contributed by atoms with Gasteiger partial charge in [-0.3, -0.25) is 9.36 Å². The number of hydrogen-bond acceptors (Lipinski definition) is 8. The number of methoxy groups -OCH3 is 1. The van der Waals surface area contributed by atoms with E-state index in [0.717, 1.165) is 10.2 Å². The number of benzene rings is 2. The van der Waals surface area contributed by atoms with Gasteiger partial charge in [0.2, 0.25) is 0 Å². The number of halogens is 1. The Bertz CT molecular complexity index is 1330. The SMILES string of the molecule is COc1cc(-n2ccnc(Sc3nc4ccc(Cl)cc4s3)c2=O)ccc1OCC(C)(C)O. The Morgan fingerprint density at radius 1 is 1.22 bits per heavy atom. The number of thiazole rings is 1. The maximum absolute atomic E-state index is 13.1. The van der Waals surface area contributed by atoms with E-state index in [-0.39, 0.29) is 12.2 Å². The third kappa shape index (κ3) is 5.07. The molecule has 10 heteroatoms. The fraction of sp³-hybridized carbons (Fsp3) is 0.227. The van der Waals surface area contributed by atoms with Crippen LogP contribution in [0.1, 0.15) is 13.8 Å². The number of hydrogen-bond donors (Lipinski definition) is 1. The largest absolute Gasteiger partial charge is 0.493 e. The molecule has 32 heavy (non-hydrogen) atoms. The normalized spacial score (nSPS) is 11.7. The summed E-state index contributed by atoms with van der Waals surface area (Å²) in [5.74, 6) is 0.927. The van der Waals surface area contributed by atoms with E-state index in [0.29, 0.717) is 31.6 Å². The van der Waals surface area contributed by atoms with Gasteiger partial charge in [-0.1, -0.05) is 11.6 Å². The Morgan fingerprint density at radius 3 is 2.78 bits per heavy atom. The second-order valence-corrected chi connectivity index (χ2v) is 10.2. The van der Waals surface area contributed by atoms with Gasteiger partial charge in [0.25, 0.3) is 5.56 Å². The lowest BCUT2D eigenvalue weighted by Crippen LogP contribution is -2.28. The van der Waals surface area contributed by atoms with Crippen LogP contribution in [0.15, 0.2) is 63.0 Å². The van der Waals surface area contributed by atoms with Crippen molar-refractivity contribution in [2.75, 3.05) is 13.7 Å². The first-order valence-electron chi connectivity index (χ1n) is 9.59. The lowest BCUT2D eigenvalue weighted by Gasteiger charge is -2.19. The van der Waals surface area contributed by atoms with Gasteiger partial charge in [-0.25, -0.2) is 9.97 Å². The van der Waals surface area contributed by atoms with Crippen molar-refractivity contribution < 1.29 is 14.6 Å². The fourth-order valence-electron chi connectivity index (χ4n) is 2.85. The van der Waals surface area contributed by atoms with Gasteiger partial charge in [-0.2, -0.15) is 0 Å². The first kappa shape index (κ1) is 22.6. The zero-order valence-electron chi connectivity index (χ0n) is 17.5. The highest BCUT2D eigenvalue weighted by molar-refractivity contribution is 8.01. The van der Waals surface area contributed by atoms with Gasteiger partial charge < -0.3 is 14.6 Å². The van der Waals surface area contributed by atoms with E-state index in [9.17, 15) is 9.90 Å². The van der Waals surface area contributed by atoms with Crippen molar-refractivity contribution in [1.29, 1.82) is 0 Å². The summed E-state index contributed by atoms with van der Waals surface area (Å²) >= 11 is 8.72. The molecule has 0 spiro atoms. The highest BCUT2D eigenvalue weighted by atomic mass is 35.5. The number of aromatic nitrogens is 3. The highest BCUT2D eigenvalue weighted by Gasteiger charge is 2.17. The third-order valence-corrected chi connectivity index (χ3v) is 6.62. The maximum atomic E-state index is 13.1. The molecule has 2 aromatic heterocycles. The molecule has 1 N–H and O–H groups in total. The molecule has 4 aromatic rings. The summed E-state index contributed by atoms with van der Waals surface area (Å²) in [5.41, 5.74) is 0.165. The summed E-state index contributed by atoms with van der Waals surface area (Å²) < 4.78 is 14.2. The Kier molecular flexibility index (Phi) is 6.43. The van der Waals surface area contributed by atoms with Crippen molar-refractivity contribution >= 4 is 44.9 Å². The number of rotatable bonds is 7. The van der Waals surface area contributed by atoms with Gasteiger partial charge in [-0.05, 0) is 55.9 Å². The number of aliphatic hydroxyl groups is 1. The molecule has 0 bridgehead atoms. The fourth-order valence-corrected chi connectivity index (χ4v) is 5.10. The van der Waals surface area contributed by atoms with Gasteiger partial charge in [-0.15, -0.1) is 11.3 Å². The molecule has 0 saturated carbocycles. The van der Waals surface area contributed by atoms with Crippen LogP contribution in [0.2, 0.25) is 5.02 Å². The molecule has 0 radical (unpaired) electrons. The van der Waals surface area contributed by atoms with E-state index in [2.05, 4.69) is 9.97 Å². The monoisotopic (exact) mass is 489 g/mol. The topological polar surface area (TPSA) is 86.5 Å². The van der Waals surface area contributed by atoms with Crippen molar-refractivity contribution in [3.05, 3.63) is 64.2 Å². The number of ether oxygens (including phenoxy) is 2. The molecular formula is C22H20ClN3O4S2. The Morgan fingerprint density at radius 2 is 2.03 bits per heavy atom. The van der Waals surface area contributed by atoms with Gasteiger partial charge >= 0.3 is 0 Å². The van der Waals surface area contributed by atoms with E-state index < -0.39 is 5.60 Å². The predicted octanol–water partition coefficient (Wildman–Crippen LogP) is 4.81. The zero-order valence-corrected chi connectivity index (χ0v) is 19.9. The van der Waals surface area contributed by atoms with Crippen LogP contribution >= 0.6 is 34.7 Å². The van der Waals surface area contributed by atoms with E-state index in [1.165, 1.54) is 34.8 Å². The minimum absolute atomic E-state index is 0.103. The van der Waals surface area contributed by atoms with Crippen LogP contribution in [0.5, 0.6) is 11.5 Å². The van der Waals surface area contributed by atoms with Crippen LogP contribution < -0.4 is 15.0 Å². The molecule has 0 amide bonds. The van der Waals surface area contributed by atoms with Crippen LogP contribution in [-0.4, -0.2) is 39.0 Å². The number of nitrogens with zero attached hydrogens (tertiary/aromatic N) is 3. The summed E-state index contributed by atoms with van der Waals surface area (Å²) in [6.07, 6.45) is 3.16. The molecule has 0 saturated heterocycles. The average molecular weight is 490 g/mol. The molecule has 0 aliphatic rings. The molecular weight excluding hydrogens is 470 g/mol. The minimum Gasteiger partial charge on any atom is -0.493 e. The summed E-state index contributed by atoms with van der Waals surface area (Å²) in [4.78, 5) is 21.9. The summed E-state index contributed by atoms with van der Waals surface area (Å²) in [7, 11) is 1.52. The average Bonchev–Trinajstić information content (AvgIpc) is 3.14. The van der Waals surface area contributed by atoms with Crippen molar-refractivity contribution in [3.8, 4) is 17.2 Å². The molecule has 0 fully saturated rings. The van der Waals surface area contributed by atoms with Crippen LogP contribution in [0, 0.1) is 0 Å². The smallest absolute Gasteiger partial charge is 0.288 e. The molecule has 0 aliphatic heterocycles. The summed E-state index contributed by atoms with van der Waals surface area (Å²) in [6, 6.07) is 10.6. The quantitative estimate of drug-likeness (QED) is 0.398. The second-order valence-electron chi connectivity index (χ2n) is 7.54. The summed E-state index contributed by atoms with van der Waals surface area (Å²) in [5, 5.41) is 10.8. The lowest BCUT2D eigenvalue weighted by molar-refractivity contribution is 0.0276. The third-order valence-electron chi connectivity index (χ3n) is 4.33. The van der Waals surface area contributed by atoms with Crippen molar-refractivity contribution in [2.45, 2.75) is 28.8 Å². The number of fused-ring (bicyclic) bond motifs is 1. The van der Waals surface area contributed by atoms with Crippen molar-refractivity contribution in [1.82, 2.24) is 14.5 Å². The van der Waals surface area contributed by atoms with Crippen LogP contribution in [-0.2, 0) is 0 Å². The molecule has 4 rings (SSSR count). The lowest BCUT2D eigenvalue weighted by atomic mass is 10.2. The van der Waals surface area contributed by atoms with Gasteiger partial charge in [0.15, 0.2) is 20.9 Å². The molecule has 2 heterocycles. The summed E-state index contributed by atoms with van der Waals surface area (Å²) in [6.45, 7) is 3.42. The predicted molar refractivity (Wildman–Crippen MR) is 127 cm³/mol. The van der Waals surface area contributed by atoms with E-state index in [4.69, 9.17) is 21.1 Å². The van der Waals surface area contributed by atoms with Crippen molar-refractivity contribution in [2.24, 2.45) is 0 Å². The highest BCUT2D eigenvalue weighted by Crippen LogP contribution is 2.34. The Balaban J connectivity index is 1.63. The molecule has 7 nitrogen and oxygen atoms in total. The maximum Gasteiger partial charge on any atom is 0.288 e. The van der Waals surface area contributed by atoms with E-state index in [1.54, 1.807) is 50.5 Å². The Hall–Kier alpha value is -2.59. The first-order valence-corrected chi connectivity index (χ1v) is 11.6. The van der Waals surface area contributed by atoms with Gasteiger partial charge in [0.05, 0.1) is 28.6 Å². The van der Waals surface area contributed by atoms with Crippen LogP contribution in [0.25, 0.3) is 15.9 Å². The molecule has 0 aliphatic carbocycles. The van der Waals surface area contributed by atoms with E-state index >= 15 is 0 Å². The molecule has 0 unspecified atom stereocenters.